The van der Waals surface area contributed by atoms with Crippen molar-refractivity contribution in [2.75, 3.05) is 11.1 Å². The zero-order valence-electron chi connectivity index (χ0n) is 9.31. The molecule has 0 radical (unpaired) electrons. The highest BCUT2D eigenvalue weighted by Crippen LogP contribution is 2.19. The second-order valence-electron chi connectivity index (χ2n) is 3.52. The van der Waals surface area contributed by atoms with Gasteiger partial charge in [0, 0.05) is 18.5 Å². The van der Waals surface area contributed by atoms with Crippen molar-refractivity contribution in [2.24, 2.45) is 0 Å². The molecule has 0 saturated heterocycles. The Morgan fingerprint density at radius 3 is 2.94 bits per heavy atom. The molecule has 1 unspecified atom stereocenters. The van der Waals surface area contributed by atoms with E-state index in [2.05, 4.69) is 48.1 Å². The Hall–Kier alpha value is -1.63. The molecular weight excluding hydrogens is 284 g/mol. The molecule has 90 valence electrons. The Morgan fingerprint density at radius 1 is 1.53 bits per heavy atom. The van der Waals surface area contributed by atoms with E-state index < -0.39 is 0 Å². The Bertz CT molecular complexity index is 463. The molecule has 17 heavy (non-hydrogen) atoms. The fourth-order valence-electron chi connectivity index (χ4n) is 1.49. The van der Waals surface area contributed by atoms with Gasteiger partial charge in [0.25, 0.3) is 0 Å². The molecule has 2 aromatic rings. The molecule has 2 heterocycles. The molecule has 6 nitrogen and oxygen atoms in total. The fourth-order valence-corrected chi connectivity index (χ4v) is 1.89. The van der Waals surface area contributed by atoms with Crippen molar-refractivity contribution < 1.29 is 0 Å². The van der Waals surface area contributed by atoms with Crippen LogP contribution in [0, 0.1) is 0 Å². The first-order valence-electron chi connectivity index (χ1n) is 5.25. The Labute approximate surface area is 107 Å². The summed E-state index contributed by atoms with van der Waals surface area (Å²) in [5, 5.41) is 3.19. The molecule has 0 aliphatic rings. The number of H-pyrrole nitrogens is 1. The Balaban J connectivity index is 2.18. The second-order valence-corrected chi connectivity index (χ2v) is 4.33. The summed E-state index contributed by atoms with van der Waals surface area (Å²) in [6.07, 6.45) is 4.37. The van der Waals surface area contributed by atoms with Crippen LogP contribution in [0.4, 0.5) is 11.8 Å². The van der Waals surface area contributed by atoms with Gasteiger partial charge in [0.15, 0.2) is 0 Å². The zero-order valence-corrected chi connectivity index (χ0v) is 10.9. The molecule has 7 heteroatoms. The van der Waals surface area contributed by atoms with Gasteiger partial charge in [-0.05, 0) is 22.4 Å². The van der Waals surface area contributed by atoms with Gasteiger partial charge in [-0.1, -0.05) is 6.92 Å². The molecular formula is C10H13BrN6. The van der Waals surface area contributed by atoms with Crippen LogP contribution >= 0.6 is 15.9 Å². The molecule has 0 aliphatic carbocycles. The monoisotopic (exact) mass is 296 g/mol. The number of halogens is 1. The van der Waals surface area contributed by atoms with Crippen LogP contribution < -0.4 is 11.1 Å². The third-order valence-corrected chi connectivity index (χ3v) is 2.68. The van der Waals surface area contributed by atoms with Crippen LogP contribution in [0.1, 0.15) is 25.2 Å². The molecule has 0 aromatic carbocycles. The van der Waals surface area contributed by atoms with Gasteiger partial charge in [-0.3, -0.25) is 0 Å². The van der Waals surface area contributed by atoms with E-state index in [1.807, 2.05) is 0 Å². The third-order valence-electron chi connectivity index (χ3n) is 2.28. The highest BCUT2D eigenvalue weighted by atomic mass is 79.9. The number of hydrogen-bond acceptors (Lipinski definition) is 5. The fraction of sp³-hybridized carbons (Fsp3) is 0.300. The van der Waals surface area contributed by atoms with E-state index in [0.717, 1.165) is 12.2 Å². The highest BCUT2D eigenvalue weighted by molar-refractivity contribution is 9.10. The first-order valence-corrected chi connectivity index (χ1v) is 6.04. The minimum absolute atomic E-state index is 0.0405. The lowest BCUT2D eigenvalue weighted by Crippen LogP contribution is -2.14. The van der Waals surface area contributed by atoms with Crippen molar-refractivity contribution in [1.29, 1.82) is 0 Å². The van der Waals surface area contributed by atoms with Crippen molar-refractivity contribution in [3.63, 3.8) is 0 Å². The molecule has 0 bridgehead atoms. The maximum absolute atomic E-state index is 5.65. The largest absolute Gasteiger partial charge is 0.383 e. The van der Waals surface area contributed by atoms with Crippen molar-refractivity contribution in [3.8, 4) is 0 Å². The van der Waals surface area contributed by atoms with Gasteiger partial charge in [-0.2, -0.15) is 4.98 Å². The molecule has 4 N–H and O–H groups in total. The molecule has 0 fully saturated rings. The normalized spacial score (nSPS) is 12.4. The topological polar surface area (TPSA) is 92.5 Å². The van der Waals surface area contributed by atoms with Gasteiger partial charge in [-0.15, -0.1) is 0 Å². The molecule has 0 spiro atoms. The number of imidazole rings is 1. The van der Waals surface area contributed by atoms with Crippen LogP contribution in [-0.2, 0) is 0 Å². The van der Waals surface area contributed by atoms with Crippen molar-refractivity contribution >= 4 is 27.7 Å². The summed E-state index contributed by atoms with van der Waals surface area (Å²) in [7, 11) is 0. The van der Waals surface area contributed by atoms with E-state index in [4.69, 9.17) is 5.73 Å². The van der Waals surface area contributed by atoms with E-state index >= 15 is 0 Å². The summed E-state index contributed by atoms with van der Waals surface area (Å²) in [6, 6.07) is 1.69. The average Bonchev–Trinajstić information content (AvgIpc) is 2.77. The molecule has 2 rings (SSSR count). The van der Waals surface area contributed by atoms with Crippen LogP contribution in [0.25, 0.3) is 0 Å². The summed E-state index contributed by atoms with van der Waals surface area (Å²) < 4.78 is 0.654. The van der Waals surface area contributed by atoms with Gasteiger partial charge < -0.3 is 16.0 Å². The highest BCUT2D eigenvalue weighted by Gasteiger charge is 2.13. The zero-order chi connectivity index (χ0) is 12.3. The molecule has 1 atom stereocenters. The number of hydrogen-bond donors (Lipinski definition) is 3. The number of nitrogens with two attached hydrogens (primary N) is 1. The summed E-state index contributed by atoms with van der Waals surface area (Å²) in [6.45, 7) is 2.06. The standard InChI is InChI=1S/C10H13BrN6/c1-2-6(9-13-3-4-14-9)15-10-16-7(11)5-8(12)17-10/h3-6H,2H2,1H3,(H,13,14)(H3,12,15,16,17). The van der Waals surface area contributed by atoms with E-state index in [1.54, 1.807) is 18.5 Å². The van der Waals surface area contributed by atoms with Crippen LogP contribution in [0.5, 0.6) is 0 Å². The molecule has 2 aromatic heterocycles. The van der Waals surface area contributed by atoms with E-state index in [-0.39, 0.29) is 6.04 Å². The van der Waals surface area contributed by atoms with Crippen molar-refractivity contribution in [2.45, 2.75) is 19.4 Å². The number of nitrogens with zero attached hydrogens (tertiary/aromatic N) is 3. The Morgan fingerprint density at radius 2 is 2.35 bits per heavy atom. The Kier molecular flexibility index (Phi) is 3.58. The molecule has 0 amide bonds. The van der Waals surface area contributed by atoms with Crippen molar-refractivity contribution in [1.82, 2.24) is 19.9 Å². The summed E-state index contributed by atoms with van der Waals surface area (Å²) in [5.74, 6) is 1.76. The van der Waals surface area contributed by atoms with E-state index in [1.165, 1.54) is 0 Å². The summed E-state index contributed by atoms with van der Waals surface area (Å²) in [4.78, 5) is 15.6. The minimum atomic E-state index is 0.0405. The lowest BCUT2D eigenvalue weighted by Gasteiger charge is -2.14. The smallest absolute Gasteiger partial charge is 0.226 e. The first-order chi connectivity index (χ1) is 8.19. The molecule has 0 saturated carbocycles. The lowest BCUT2D eigenvalue weighted by molar-refractivity contribution is 0.695. The number of rotatable bonds is 4. The number of aromatic nitrogens is 4. The van der Waals surface area contributed by atoms with Crippen LogP contribution in [-0.4, -0.2) is 19.9 Å². The van der Waals surface area contributed by atoms with Gasteiger partial charge in [-0.25, -0.2) is 9.97 Å². The number of aromatic amines is 1. The van der Waals surface area contributed by atoms with Gasteiger partial charge >= 0.3 is 0 Å². The van der Waals surface area contributed by atoms with Gasteiger partial charge in [0.2, 0.25) is 5.95 Å². The second kappa shape index (κ2) is 5.13. The number of nitrogens with one attached hydrogen (secondary N) is 2. The maximum atomic E-state index is 5.65. The van der Waals surface area contributed by atoms with Crippen LogP contribution in [0.2, 0.25) is 0 Å². The minimum Gasteiger partial charge on any atom is -0.383 e. The van der Waals surface area contributed by atoms with E-state index in [0.29, 0.717) is 16.4 Å². The SMILES string of the molecule is CCC(Nc1nc(N)cc(Br)n1)c1ncc[nH]1. The quantitative estimate of drug-likeness (QED) is 0.752. The van der Waals surface area contributed by atoms with Gasteiger partial charge in [0.05, 0.1) is 6.04 Å². The first kappa shape index (κ1) is 11.8. The lowest BCUT2D eigenvalue weighted by atomic mass is 10.2. The van der Waals surface area contributed by atoms with E-state index in [9.17, 15) is 0 Å². The number of anilines is 2. The summed E-state index contributed by atoms with van der Waals surface area (Å²) in [5.41, 5.74) is 5.65. The third kappa shape index (κ3) is 2.94. The van der Waals surface area contributed by atoms with Gasteiger partial charge in [0.1, 0.15) is 16.2 Å². The van der Waals surface area contributed by atoms with Crippen molar-refractivity contribution in [3.05, 3.63) is 28.9 Å². The molecule has 0 aliphatic heterocycles. The number of nitrogen functional groups attached to an aromatic ring is 1. The maximum Gasteiger partial charge on any atom is 0.226 e. The average molecular weight is 297 g/mol. The summed E-state index contributed by atoms with van der Waals surface area (Å²) >= 11 is 3.28. The predicted octanol–water partition coefficient (Wildman–Crippen LogP) is 2.11. The van der Waals surface area contributed by atoms with Crippen LogP contribution in [0.15, 0.2) is 23.1 Å². The predicted molar refractivity (Wildman–Crippen MR) is 69.4 cm³/mol. The van der Waals surface area contributed by atoms with Crippen LogP contribution in [0.3, 0.4) is 0 Å².